The maximum Gasteiger partial charge on any atom is 0.162 e. The maximum atomic E-state index is 9.89. The number of para-hydroxylation sites is 1. The summed E-state index contributed by atoms with van der Waals surface area (Å²) >= 11 is 0. The van der Waals surface area contributed by atoms with Gasteiger partial charge in [-0.15, -0.1) is 0 Å². The van der Waals surface area contributed by atoms with E-state index in [9.17, 15) is 5.11 Å². The van der Waals surface area contributed by atoms with Crippen LogP contribution in [0.3, 0.4) is 0 Å². The molecule has 4 rings (SSSR count). The molecule has 5 heteroatoms. The molecule has 1 atom stereocenters. The summed E-state index contributed by atoms with van der Waals surface area (Å²) in [5.74, 6) is 1.32. The van der Waals surface area contributed by atoms with E-state index >= 15 is 0 Å². The Balaban J connectivity index is 1.80. The van der Waals surface area contributed by atoms with Crippen LogP contribution in [0.25, 0.3) is 22.3 Å². The molecule has 2 heterocycles. The quantitative estimate of drug-likeness (QED) is 0.577. The van der Waals surface area contributed by atoms with Crippen molar-refractivity contribution in [3.05, 3.63) is 84.7 Å². The molecule has 0 saturated carbocycles. The molecule has 2 aromatic carbocycles. The van der Waals surface area contributed by atoms with Gasteiger partial charge in [0.05, 0.1) is 18.2 Å². The summed E-state index contributed by atoms with van der Waals surface area (Å²) in [5.41, 5.74) is 2.75. The van der Waals surface area contributed by atoms with Gasteiger partial charge in [0.2, 0.25) is 0 Å². The average molecular weight is 342 g/mol. The first kappa shape index (κ1) is 16.2. The van der Waals surface area contributed by atoms with Gasteiger partial charge >= 0.3 is 0 Å². The van der Waals surface area contributed by atoms with Crippen LogP contribution >= 0.6 is 0 Å². The van der Waals surface area contributed by atoms with E-state index in [1.165, 1.54) is 0 Å². The highest BCUT2D eigenvalue weighted by Crippen LogP contribution is 2.27. The molecule has 0 aliphatic heterocycles. The number of aliphatic hydroxyl groups is 1. The normalized spacial score (nSPS) is 12.0. The van der Waals surface area contributed by atoms with Crippen molar-refractivity contribution in [2.24, 2.45) is 0 Å². The van der Waals surface area contributed by atoms with Gasteiger partial charge in [0.15, 0.2) is 5.82 Å². The molecule has 0 bridgehead atoms. The lowest BCUT2D eigenvalue weighted by atomic mass is 10.1. The third kappa shape index (κ3) is 3.25. The lowest BCUT2D eigenvalue weighted by molar-refractivity contribution is 0.276. The first-order valence-corrected chi connectivity index (χ1v) is 8.44. The number of anilines is 1. The molecule has 0 unspecified atom stereocenters. The number of fused-ring (bicyclic) bond motifs is 1. The Morgan fingerprint density at radius 3 is 2.35 bits per heavy atom. The van der Waals surface area contributed by atoms with Crippen LogP contribution in [0.2, 0.25) is 0 Å². The summed E-state index contributed by atoms with van der Waals surface area (Å²) in [6.45, 7) is -0.0348. The number of pyridine rings is 1. The van der Waals surface area contributed by atoms with Crippen molar-refractivity contribution in [3.63, 3.8) is 0 Å². The average Bonchev–Trinajstić information content (AvgIpc) is 2.73. The molecule has 0 aliphatic carbocycles. The second-order valence-electron chi connectivity index (χ2n) is 5.94. The van der Waals surface area contributed by atoms with E-state index < -0.39 is 0 Å². The SMILES string of the molecule is OC[C@@H](Nc1nc(-c2ccncc2)nc2ccccc12)c1ccccc1. The smallest absolute Gasteiger partial charge is 0.162 e. The van der Waals surface area contributed by atoms with Crippen molar-refractivity contribution in [3.8, 4) is 11.4 Å². The molecule has 2 N–H and O–H groups in total. The summed E-state index contributed by atoms with van der Waals surface area (Å²) in [5, 5.41) is 14.2. The number of aromatic nitrogens is 3. The van der Waals surface area contributed by atoms with Gasteiger partial charge < -0.3 is 10.4 Å². The van der Waals surface area contributed by atoms with E-state index in [1.54, 1.807) is 12.4 Å². The second-order valence-corrected chi connectivity index (χ2v) is 5.94. The van der Waals surface area contributed by atoms with Crippen LogP contribution in [0.1, 0.15) is 11.6 Å². The predicted octanol–water partition coefficient (Wildman–Crippen LogP) is 3.84. The van der Waals surface area contributed by atoms with Crippen molar-refractivity contribution in [1.82, 2.24) is 15.0 Å². The minimum atomic E-state index is -0.250. The third-order valence-electron chi connectivity index (χ3n) is 4.24. The first-order valence-electron chi connectivity index (χ1n) is 8.44. The van der Waals surface area contributed by atoms with Crippen LogP contribution in [-0.4, -0.2) is 26.7 Å². The van der Waals surface area contributed by atoms with Crippen LogP contribution in [0.15, 0.2) is 79.1 Å². The predicted molar refractivity (Wildman–Crippen MR) is 103 cm³/mol. The minimum Gasteiger partial charge on any atom is -0.394 e. The summed E-state index contributed by atoms with van der Waals surface area (Å²) in [6.07, 6.45) is 3.45. The van der Waals surface area contributed by atoms with Gasteiger partial charge in [0.25, 0.3) is 0 Å². The van der Waals surface area contributed by atoms with Crippen molar-refractivity contribution < 1.29 is 5.11 Å². The topological polar surface area (TPSA) is 70.9 Å². The van der Waals surface area contributed by atoms with Crippen molar-refractivity contribution in [1.29, 1.82) is 0 Å². The number of hydrogen-bond acceptors (Lipinski definition) is 5. The molecule has 0 fully saturated rings. The van der Waals surface area contributed by atoms with E-state index in [1.807, 2.05) is 66.7 Å². The highest BCUT2D eigenvalue weighted by atomic mass is 16.3. The Morgan fingerprint density at radius 2 is 1.58 bits per heavy atom. The van der Waals surface area contributed by atoms with E-state index in [2.05, 4.69) is 15.3 Å². The van der Waals surface area contributed by atoms with E-state index in [-0.39, 0.29) is 12.6 Å². The largest absolute Gasteiger partial charge is 0.394 e. The number of hydrogen-bond donors (Lipinski definition) is 2. The van der Waals surface area contributed by atoms with Crippen LogP contribution < -0.4 is 5.32 Å². The molecule has 5 nitrogen and oxygen atoms in total. The van der Waals surface area contributed by atoms with Gasteiger partial charge in [-0.05, 0) is 29.8 Å². The van der Waals surface area contributed by atoms with Crippen LogP contribution in [-0.2, 0) is 0 Å². The van der Waals surface area contributed by atoms with E-state index in [0.717, 1.165) is 22.0 Å². The monoisotopic (exact) mass is 342 g/mol. The zero-order chi connectivity index (χ0) is 17.8. The van der Waals surface area contributed by atoms with E-state index in [0.29, 0.717) is 11.6 Å². The standard InChI is InChI=1S/C21H18N4O/c26-14-19(15-6-2-1-3-7-15)24-21-17-8-4-5-9-18(17)23-20(25-21)16-10-12-22-13-11-16/h1-13,19,26H,14H2,(H,23,24,25)/t19-/m1/s1. The highest BCUT2D eigenvalue weighted by molar-refractivity contribution is 5.90. The fourth-order valence-corrected chi connectivity index (χ4v) is 2.90. The van der Waals surface area contributed by atoms with Gasteiger partial charge in [-0.25, -0.2) is 9.97 Å². The molecule has 26 heavy (non-hydrogen) atoms. The second kappa shape index (κ2) is 7.29. The number of nitrogens with zero attached hydrogens (tertiary/aromatic N) is 3. The number of nitrogens with one attached hydrogen (secondary N) is 1. The van der Waals surface area contributed by atoms with Gasteiger partial charge in [-0.1, -0.05) is 42.5 Å². The Labute approximate surface area is 151 Å². The Bertz CT molecular complexity index is 1010. The number of benzene rings is 2. The fraction of sp³-hybridized carbons (Fsp3) is 0.0952. The molecule has 0 saturated heterocycles. The lowest BCUT2D eigenvalue weighted by Crippen LogP contribution is -2.16. The van der Waals surface area contributed by atoms with E-state index in [4.69, 9.17) is 4.98 Å². The molecule has 0 amide bonds. The highest BCUT2D eigenvalue weighted by Gasteiger charge is 2.15. The zero-order valence-electron chi connectivity index (χ0n) is 14.1. The molecule has 0 radical (unpaired) electrons. The molecule has 0 aliphatic rings. The Hall–Kier alpha value is -3.31. The summed E-state index contributed by atoms with van der Waals surface area (Å²) in [7, 11) is 0. The van der Waals surface area contributed by atoms with Crippen LogP contribution in [0.4, 0.5) is 5.82 Å². The number of aliphatic hydroxyl groups excluding tert-OH is 1. The number of rotatable bonds is 5. The fourth-order valence-electron chi connectivity index (χ4n) is 2.90. The molecule has 128 valence electrons. The van der Waals surface area contributed by atoms with Crippen LogP contribution in [0.5, 0.6) is 0 Å². The van der Waals surface area contributed by atoms with Gasteiger partial charge in [-0.2, -0.15) is 0 Å². The summed E-state index contributed by atoms with van der Waals surface area (Å²) < 4.78 is 0. The van der Waals surface area contributed by atoms with Crippen molar-refractivity contribution >= 4 is 16.7 Å². The van der Waals surface area contributed by atoms with Crippen molar-refractivity contribution in [2.75, 3.05) is 11.9 Å². The third-order valence-corrected chi connectivity index (χ3v) is 4.24. The lowest BCUT2D eigenvalue weighted by Gasteiger charge is -2.19. The molecular formula is C21H18N4O. The van der Waals surface area contributed by atoms with Crippen molar-refractivity contribution in [2.45, 2.75) is 6.04 Å². The molecule has 0 spiro atoms. The van der Waals surface area contributed by atoms with Gasteiger partial charge in [0.1, 0.15) is 5.82 Å². The molecule has 2 aromatic heterocycles. The van der Waals surface area contributed by atoms with Crippen LogP contribution in [0, 0.1) is 0 Å². The molecular weight excluding hydrogens is 324 g/mol. The zero-order valence-corrected chi connectivity index (χ0v) is 14.1. The van der Waals surface area contributed by atoms with Gasteiger partial charge in [-0.3, -0.25) is 4.98 Å². The Kier molecular flexibility index (Phi) is 4.53. The summed E-state index contributed by atoms with van der Waals surface area (Å²) in [6, 6.07) is 21.2. The maximum absolute atomic E-state index is 9.89. The Morgan fingerprint density at radius 1 is 0.846 bits per heavy atom. The molecule has 4 aromatic rings. The summed E-state index contributed by atoms with van der Waals surface area (Å²) in [4.78, 5) is 13.4. The van der Waals surface area contributed by atoms with Gasteiger partial charge in [0, 0.05) is 23.3 Å². The first-order chi connectivity index (χ1) is 12.8. The minimum absolute atomic E-state index is 0.0348.